The van der Waals surface area contributed by atoms with E-state index in [1.807, 2.05) is 0 Å². The van der Waals surface area contributed by atoms with Gasteiger partial charge in [0.05, 0.1) is 22.4 Å². The highest BCUT2D eigenvalue weighted by molar-refractivity contribution is 7.87. The molecule has 3 amide bonds. The first-order chi connectivity index (χ1) is 22.3. The van der Waals surface area contributed by atoms with Gasteiger partial charge in [0.2, 0.25) is 11.8 Å². The van der Waals surface area contributed by atoms with Gasteiger partial charge in [-0.05, 0) is 73.2 Å². The van der Waals surface area contributed by atoms with Crippen molar-refractivity contribution < 1.29 is 40.2 Å². The van der Waals surface area contributed by atoms with Gasteiger partial charge in [-0.15, -0.1) is 0 Å². The van der Waals surface area contributed by atoms with Gasteiger partial charge >= 0.3 is 16.3 Å². The molecule has 4 aromatic rings. The summed E-state index contributed by atoms with van der Waals surface area (Å²) in [5.41, 5.74) is -0.546. The minimum Gasteiger partial charge on any atom is -0.379 e. The van der Waals surface area contributed by atoms with Crippen molar-refractivity contribution in [2.75, 3.05) is 13.1 Å². The lowest BCUT2D eigenvalue weighted by Gasteiger charge is -2.35. The molecule has 2 unspecified atom stereocenters. The molecule has 0 saturated carbocycles. The van der Waals surface area contributed by atoms with Gasteiger partial charge in [0.1, 0.15) is 10.6 Å². The van der Waals surface area contributed by atoms with Crippen LogP contribution in [0.4, 0.5) is 13.2 Å². The minimum absolute atomic E-state index is 0.00238. The molecule has 9 nitrogen and oxygen atoms in total. The number of rotatable bonds is 7. The third kappa shape index (κ3) is 6.68. The molecule has 0 aliphatic carbocycles. The maximum Gasteiger partial charge on any atom is 0.417 e. The fourth-order valence-electron chi connectivity index (χ4n) is 6.34. The first kappa shape index (κ1) is 32.5. The van der Waals surface area contributed by atoms with Crippen LogP contribution in [-0.4, -0.2) is 49.1 Å². The number of fused-ring (bicyclic) bond motifs is 1. The molecule has 0 radical (unpaired) electrons. The van der Waals surface area contributed by atoms with Crippen molar-refractivity contribution >= 4 is 50.2 Å². The number of nitrogens with zero attached hydrogens (tertiary/aromatic N) is 2. The van der Waals surface area contributed by atoms with Crippen molar-refractivity contribution in [2.45, 2.75) is 30.3 Å². The van der Waals surface area contributed by atoms with Crippen molar-refractivity contribution in [3.05, 3.63) is 101 Å². The number of pyridine rings is 1. The Labute approximate surface area is 272 Å². The van der Waals surface area contributed by atoms with E-state index in [1.54, 1.807) is 36.5 Å². The number of carbonyl (C=O) groups excluding carboxylic acids is 3. The Morgan fingerprint density at radius 3 is 2.43 bits per heavy atom. The summed E-state index contributed by atoms with van der Waals surface area (Å²) in [6.07, 6.45) is -0.702. The van der Waals surface area contributed by atoms with Crippen molar-refractivity contribution in [1.82, 2.24) is 15.2 Å². The number of carbonyl (C=O) groups is 3. The van der Waals surface area contributed by atoms with E-state index in [1.165, 1.54) is 35.4 Å². The van der Waals surface area contributed by atoms with Gasteiger partial charge in [-0.25, -0.2) is 0 Å². The number of aromatic nitrogens is 1. The minimum atomic E-state index is -4.71. The zero-order chi connectivity index (χ0) is 33.5. The standard InChI is InChI=1S/C33H27ClF3N3O6S/c34-27-9-6-21(17-26(27)33(35,36)37)32(43)40-14-11-20(12-15-40)29-25(30(41)39-31(29)42)16-19-4-7-23(8-5-19)46-47(44,45)28-3-1-2-22-18-38-13-10-24(22)28/h1-10,13,17-18,20,25,29H,11-12,14-16H2,(H,39,41,42). The van der Waals surface area contributed by atoms with E-state index in [4.69, 9.17) is 15.8 Å². The molecule has 14 heteroatoms. The molecule has 244 valence electrons. The van der Waals surface area contributed by atoms with Gasteiger partial charge in [-0.2, -0.15) is 21.6 Å². The van der Waals surface area contributed by atoms with Crippen LogP contribution >= 0.6 is 11.6 Å². The lowest BCUT2D eigenvalue weighted by molar-refractivity contribution is -0.137. The Kier molecular flexibility index (Phi) is 8.70. The smallest absolute Gasteiger partial charge is 0.379 e. The molecule has 3 aromatic carbocycles. The number of halogens is 4. The lowest BCUT2D eigenvalue weighted by atomic mass is 9.76. The summed E-state index contributed by atoms with van der Waals surface area (Å²) in [5.74, 6) is -2.93. The first-order valence-electron chi connectivity index (χ1n) is 14.7. The summed E-state index contributed by atoms with van der Waals surface area (Å²) in [5, 5.41) is 3.02. The van der Waals surface area contributed by atoms with Crippen LogP contribution in [0.5, 0.6) is 5.75 Å². The number of imide groups is 1. The van der Waals surface area contributed by atoms with E-state index >= 15 is 0 Å². The maximum atomic E-state index is 13.3. The van der Waals surface area contributed by atoms with Crippen LogP contribution in [0.1, 0.15) is 34.3 Å². The molecule has 6 rings (SSSR count). The highest BCUT2D eigenvalue weighted by Crippen LogP contribution is 2.38. The van der Waals surface area contributed by atoms with E-state index < -0.39 is 56.4 Å². The van der Waals surface area contributed by atoms with Crippen LogP contribution in [-0.2, 0) is 32.3 Å². The second kappa shape index (κ2) is 12.6. The number of amides is 3. The van der Waals surface area contributed by atoms with E-state index in [0.29, 0.717) is 29.2 Å². The van der Waals surface area contributed by atoms with Crippen LogP contribution < -0.4 is 9.50 Å². The summed E-state index contributed by atoms with van der Waals surface area (Å²) in [6.45, 7) is 0.401. The zero-order valence-electron chi connectivity index (χ0n) is 24.5. The molecule has 2 aliphatic rings. The largest absolute Gasteiger partial charge is 0.417 e. The quantitative estimate of drug-likeness (QED) is 0.197. The number of piperidine rings is 1. The normalized spacial score (nSPS) is 19.2. The SMILES string of the molecule is O=C1NC(=O)C(C2CCN(C(=O)c3ccc(Cl)c(C(F)(F)F)c3)CC2)C1Cc1ccc(OS(=O)(=O)c2cccc3cnccc23)cc1. The Bertz CT molecular complexity index is 1970. The first-order valence-corrected chi connectivity index (χ1v) is 16.5. The number of hydrogen-bond acceptors (Lipinski definition) is 7. The molecular formula is C33H27ClF3N3O6S. The van der Waals surface area contributed by atoms with Crippen molar-refractivity contribution in [3.63, 3.8) is 0 Å². The van der Waals surface area contributed by atoms with Gasteiger partial charge in [-0.3, -0.25) is 24.7 Å². The van der Waals surface area contributed by atoms with Crippen LogP contribution in [0.15, 0.2) is 84.0 Å². The number of nitrogens with one attached hydrogen (secondary N) is 1. The third-order valence-corrected chi connectivity index (χ3v) is 10.3. The zero-order valence-corrected chi connectivity index (χ0v) is 26.1. The van der Waals surface area contributed by atoms with Gasteiger partial charge in [0, 0.05) is 41.8 Å². The highest BCUT2D eigenvalue weighted by atomic mass is 35.5. The molecule has 2 atom stereocenters. The van der Waals surface area contributed by atoms with Gasteiger partial charge in [0.15, 0.2) is 0 Å². The van der Waals surface area contributed by atoms with Crippen molar-refractivity contribution in [2.24, 2.45) is 17.8 Å². The van der Waals surface area contributed by atoms with E-state index in [2.05, 4.69) is 10.3 Å². The summed E-state index contributed by atoms with van der Waals surface area (Å²) in [7, 11) is -4.17. The summed E-state index contributed by atoms with van der Waals surface area (Å²) < 4.78 is 71.5. The third-order valence-electron chi connectivity index (χ3n) is 8.67. The molecule has 2 fully saturated rings. The molecular weight excluding hydrogens is 659 g/mol. The van der Waals surface area contributed by atoms with E-state index in [-0.39, 0.29) is 41.6 Å². The molecule has 47 heavy (non-hydrogen) atoms. The van der Waals surface area contributed by atoms with Crippen molar-refractivity contribution in [3.8, 4) is 5.75 Å². The fraction of sp³-hybridized carbons (Fsp3) is 0.273. The van der Waals surface area contributed by atoms with Gasteiger partial charge in [-0.1, -0.05) is 35.9 Å². The van der Waals surface area contributed by atoms with Gasteiger partial charge in [0.25, 0.3) is 5.91 Å². The van der Waals surface area contributed by atoms with Crippen LogP contribution in [0.2, 0.25) is 5.02 Å². The average molecular weight is 686 g/mol. The topological polar surface area (TPSA) is 123 Å². The molecule has 3 heterocycles. The highest BCUT2D eigenvalue weighted by Gasteiger charge is 2.46. The summed E-state index contributed by atoms with van der Waals surface area (Å²) >= 11 is 5.69. The maximum absolute atomic E-state index is 13.3. The molecule has 1 aromatic heterocycles. The molecule has 0 bridgehead atoms. The second-order valence-corrected chi connectivity index (χ2v) is 13.5. The average Bonchev–Trinajstić information content (AvgIpc) is 3.32. The Balaban J connectivity index is 1.11. The summed E-state index contributed by atoms with van der Waals surface area (Å²) in [6, 6.07) is 15.6. The number of likely N-dealkylation sites (tertiary alicyclic amines) is 1. The van der Waals surface area contributed by atoms with Crippen LogP contribution in [0, 0.1) is 17.8 Å². The molecule has 2 saturated heterocycles. The van der Waals surface area contributed by atoms with Crippen LogP contribution in [0.3, 0.4) is 0 Å². The fourth-order valence-corrected chi connectivity index (χ4v) is 7.72. The molecule has 2 aliphatic heterocycles. The lowest BCUT2D eigenvalue weighted by Crippen LogP contribution is -2.42. The van der Waals surface area contributed by atoms with E-state index in [9.17, 15) is 36.0 Å². The van der Waals surface area contributed by atoms with Crippen molar-refractivity contribution in [1.29, 1.82) is 0 Å². The predicted octanol–water partition coefficient (Wildman–Crippen LogP) is 5.66. The monoisotopic (exact) mass is 685 g/mol. The number of alkyl halides is 3. The molecule has 1 N–H and O–H groups in total. The Hall–Kier alpha value is -4.49. The summed E-state index contributed by atoms with van der Waals surface area (Å²) in [4.78, 5) is 44.2. The molecule has 0 spiro atoms. The van der Waals surface area contributed by atoms with Gasteiger partial charge < -0.3 is 9.08 Å². The predicted molar refractivity (Wildman–Crippen MR) is 165 cm³/mol. The second-order valence-electron chi connectivity index (χ2n) is 11.5. The van der Waals surface area contributed by atoms with E-state index in [0.717, 1.165) is 12.1 Å². The Morgan fingerprint density at radius 1 is 1.00 bits per heavy atom. The number of benzene rings is 3. The van der Waals surface area contributed by atoms with Crippen LogP contribution in [0.25, 0.3) is 10.8 Å². The Morgan fingerprint density at radius 2 is 1.72 bits per heavy atom. The number of hydrogen-bond donors (Lipinski definition) is 1.